The van der Waals surface area contributed by atoms with Crippen LogP contribution in [0.1, 0.15) is 38.4 Å². The Bertz CT molecular complexity index is 562. The average molecular weight is 275 g/mol. The summed E-state index contributed by atoms with van der Waals surface area (Å²) in [7, 11) is 2.03. The predicted molar refractivity (Wildman–Crippen MR) is 83.1 cm³/mol. The van der Waals surface area contributed by atoms with Crippen molar-refractivity contribution in [2.75, 3.05) is 6.54 Å². The van der Waals surface area contributed by atoms with E-state index in [0.29, 0.717) is 6.54 Å². The van der Waals surface area contributed by atoms with Crippen LogP contribution >= 0.6 is 0 Å². The van der Waals surface area contributed by atoms with Gasteiger partial charge in [0.05, 0.1) is 17.1 Å². The van der Waals surface area contributed by atoms with Crippen LogP contribution in [0, 0.1) is 6.92 Å². The van der Waals surface area contributed by atoms with Crippen LogP contribution < -0.4 is 10.5 Å². The average Bonchev–Trinajstić information content (AvgIpc) is 2.72. The zero-order valence-electron chi connectivity index (χ0n) is 12.7. The second kappa shape index (κ2) is 6.75. The molecule has 2 N–H and O–H groups in total. The first-order chi connectivity index (χ1) is 9.65. The normalized spacial score (nSPS) is 12.8. The molecule has 1 heterocycles. The molecule has 4 nitrogen and oxygen atoms in total. The Kier molecular flexibility index (Phi) is 5.01. The Balaban J connectivity index is 2.16. The summed E-state index contributed by atoms with van der Waals surface area (Å²) in [5.74, 6) is 1.93. The van der Waals surface area contributed by atoms with Crippen LogP contribution in [0.3, 0.4) is 0 Å². The van der Waals surface area contributed by atoms with Gasteiger partial charge < -0.3 is 15.0 Å². The Morgan fingerprint density at radius 1 is 1.35 bits per heavy atom. The fraction of sp³-hybridized carbons (Fsp3) is 0.562. The highest BCUT2D eigenvalue weighted by molar-refractivity contribution is 5.77. The Labute approximate surface area is 120 Å². The van der Waals surface area contributed by atoms with E-state index < -0.39 is 0 Å². The molecule has 0 aliphatic heterocycles. The summed E-state index contributed by atoms with van der Waals surface area (Å²) in [6, 6.07) is 6.10. The predicted octanol–water partition coefficient (Wildman–Crippen LogP) is 3.17. The Hall–Kier alpha value is -1.55. The number of hydrogen-bond acceptors (Lipinski definition) is 3. The number of hydrogen-bond donors (Lipinski definition) is 1. The van der Waals surface area contributed by atoms with Gasteiger partial charge in [0.15, 0.2) is 0 Å². The van der Waals surface area contributed by atoms with Crippen molar-refractivity contribution in [1.82, 2.24) is 9.55 Å². The molecule has 2 aromatic rings. The zero-order valence-corrected chi connectivity index (χ0v) is 12.7. The Morgan fingerprint density at radius 2 is 2.15 bits per heavy atom. The number of nitrogens with two attached hydrogens (primary N) is 1. The second-order valence-corrected chi connectivity index (χ2v) is 5.33. The van der Waals surface area contributed by atoms with E-state index >= 15 is 0 Å². The number of ether oxygens (including phenoxy) is 1. The third-order valence-corrected chi connectivity index (χ3v) is 3.75. The first-order valence-electron chi connectivity index (χ1n) is 7.45. The lowest BCUT2D eigenvalue weighted by atomic mass is 10.1. The molecule has 0 amide bonds. The SMILES string of the molecule is CCCCC(CCN)Oc1ccc2nc(C)n(C)c2c1. The van der Waals surface area contributed by atoms with Gasteiger partial charge in [-0.25, -0.2) is 4.98 Å². The summed E-state index contributed by atoms with van der Waals surface area (Å²) in [6.45, 7) is 4.88. The highest BCUT2D eigenvalue weighted by atomic mass is 16.5. The molecule has 1 aromatic carbocycles. The number of imidazole rings is 1. The molecule has 20 heavy (non-hydrogen) atoms. The maximum Gasteiger partial charge on any atom is 0.121 e. The summed E-state index contributed by atoms with van der Waals surface area (Å²) in [5.41, 5.74) is 7.81. The van der Waals surface area contributed by atoms with E-state index in [1.807, 2.05) is 26.1 Å². The molecule has 0 saturated carbocycles. The van der Waals surface area contributed by atoms with Crippen molar-refractivity contribution in [2.45, 2.75) is 45.6 Å². The van der Waals surface area contributed by atoms with Crippen molar-refractivity contribution in [3.63, 3.8) is 0 Å². The van der Waals surface area contributed by atoms with E-state index in [2.05, 4.69) is 22.5 Å². The summed E-state index contributed by atoms with van der Waals surface area (Å²) < 4.78 is 8.20. The Morgan fingerprint density at radius 3 is 2.85 bits per heavy atom. The fourth-order valence-corrected chi connectivity index (χ4v) is 2.44. The monoisotopic (exact) mass is 275 g/mol. The maximum atomic E-state index is 6.11. The second-order valence-electron chi connectivity index (χ2n) is 5.33. The van der Waals surface area contributed by atoms with Crippen molar-refractivity contribution in [1.29, 1.82) is 0 Å². The lowest BCUT2D eigenvalue weighted by Crippen LogP contribution is -2.20. The molecule has 0 aliphatic rings. The maximum absolute atomic E-state index is 6.11. The topological polar surface area (TPSA) is 53.1 Å². The van der Waals surface area contributed by atoms with E-state index in [4.69, 9.17) is 10.5 Å². The smallest absolute Gasteiger partial charge is 0.121 e. The van der Waals surface area contributed by atoms with Gasteiger partial charge in [-0.15, -0.1) is 0 Å². The van der Waals surface area contributed by atoms with E-state index in [1.54, 1.807) is 0 Å². The molecule has 0 fully saturated rings. The van der Waals surface area contributed by atoms with Crippen LogP contribution in [0.15, 0.2) is 18.2 Å². The number of aromatic nitrogens is 2. The first kappa shape index (κ1) is 14.9. The largest absolute Gasteiger partial charge is 0.490 e. The highest BCUT2D eigenvalue weighted by Crippen LogP contribution is 2.23. The summed E-state index contributed by atoms with van der Waals surface area (Å²) in [5, 5.41) is 0. The first-order valence-corrected chi connectivity index (χ1v) is 7.45. The zero-order chi connectivity index (χ0) is 14.5. The van der Waals surface area contributed by atoms with Crippen LogP contribution in [0.25, 0.3) is 11.0 Å². The molecule has 0 radical (unpaired) electrons. The molecular weight excluding hydrogens is 250 g/mol. The minimum atomic E-state index is 0.215. The van der Waals surface area contributed by atoms with Gasteiger partial charge in [-0.3, -0.25) is 0 Å². The van der Waals surface area contributed by atoms with Crippen LogP contribution in [0.2, 0.25) is 0 Å². The molecule has 4 heteroatoms. The number of benzene rings is 1. The molecule has 1 aromatic heterocycles. The van der Waals surface area contributed by atoms with Gasteiger partial charge in [0, 0.05) is 13.1 Å². The molecular formula is C16H25N3O. The summed E-state index contributed by atoms with van der Waals surface area (Å²) >= 11 is 0. The number of nitrogens with zero attached hydrogens (tertiary/aromatic N) is 2. The van der Waals surface area contributed by atoms with Crippen molar-refractivity contribution in [3.8, 4) is 5.75 Å². The van der Waals surface area contributed by atoms with Gasteiger partial charge in [-0.05, 0) is 38.4 Å². The fourth-order valence-electron chi connectivity index (χ4n) is 2.44. The van der Waals surface area contributed by atoms with Crippen LogP contribution in [-0.2, 0) is 7.05 Å². The molecule has 1 atom stereocenters. The molecule has 0 bridgehead atoms. The van der Waals surface area contributed by atoms with Crippen LogP contribution in [0.4, 0.5) is 0 Å². The molecule has 2 rings (SSSR count). The summed E-state index contributed by atoms with van der Waals surface area (Å²) in [4.78, 5) is 4.51. The van der Waals surface area contributed by atoms with Crippen LogP contribution in [0.5, 0.6) is 5.75 Å². The quantitative estimate of drug-likeness (QED) is 0.844. The molecule has 0 spiro atoms. The number of aryl methyl sites for hydroxylation is 2. The third-order valence-electron chi connectivity index (χ3n) is 3.75. The van der Waals surface area contributed by atoms with Gasteiger partial charge in [0.2, 0.25) is 0 Å². The van der Waals surface area contributed by atoms with Crippen LogP contribution in [-0.4, -0.2) is 22.2 Å². The van der Waals surface area contributed by atoms with Crippen molar-refractivity contribution < 1.29 is 4.74 Å². The standard InChI is InChI=1S/C16H25N3O/c1-4-5-6-13(9-10-17)20-14-7-8-15-16(11-14)19(3)12(2)18-15/h7-8,11,13H,4-6,9-10,17H2,1-3H3. The van der Waals surface area contributed by atoms with E-state index in [0.717, 1.165) is 35.4 Å². The van der Waals surface area contributed by atoms with Gasteiger partial charge in [0.1, 0.15) is 11.6 Å². The molecule has 0 saturated heterocycles. The van der Waals surface area contributed by atoms with Crippen molar-refractivity contribution in [3.05, 3.63) is 24.0 Å². The molecule has 0 aliphatic carbocycles. The van der Waals surface area contributed by atoms with E-state index in [1.165, 1.54) is 12.8 Å². The van der Waals surface area contributed by atoms with Gasteiger partial charge >= 0.3 is 0 Å². The van der Waals surface area contributed by atoms with E-state index in [9.17, 15) is 0 Å². The highest BCUT2D eigenvalue weighted by Gasteiger charge is 2.11. The number of fused-ring (bicyclic) bond motifs is 1. The third kappa shape index (κ3) is 3.31. The minimum Gasteiger partial charge on any atom is -0.490 e. The van der Waals surface area contributed by atoms with Gasteiger partial charge in [0.25, 0.3) is 0 Å². The van der Waals surface area contributed by atoms with Crippen molar-refractivity contribution in [2.24, 2.45) is 12.8 Å². The van der Waals surface area contributed by atoms with Gasteiger partial charge in [-0.2, -0.15) is 0 Å². The summed E-state index contributed by atoms with van der Waals surface area (Å²) in [6.07, 6.45) is 4.55. The van der Waals surface area contributed by atoms with E-state index in [-0.39, 0.29) is 6.10 Å². The number of rotatable bonds is 7. The lowest BCUT2D eigenvalue weighted by molar-refractivity contribution is 0.180. The molecule has 1 unspecified atom stereocenters. The lowest BCUT2D eigenvalue weighted by Gasteiger charge is -2.18. The van der Waals surface area contributed by atoms with Crippen molar-refractivity contribution >= 4 is 11.0 Å². The molecule has 110 valence electrons. The minimum absolute atomic E-state index is 0.215. The van der Waals surface area contributed by atoms with Gasteiger partial charge in [-0.1, -0.05) is 19.8 Å². The number of unbranched alkanes of at least 4 members (excludes halogenated alkanes) is 1.